The SMILES string of the molecule is Oc1cc2ccccc2cc1OCCCc1ccccc1. The van der Waals surface area contributed by atoms with E-state index in [0.29, 0.717) is 12.4 Å². The van der Waals surface area contributed by atoms with E-state index in [4.69, 9.17) is 4.74 Å². The second-order valence-corrected chi connectivity index (χ2v) is 5.10. The van der Waals surface area contributed by atoms with Crippen molar-refractivity contribution in [2.75, 3.05) is 6.61 Å². The quantitative estimate of drug-likeness (QED) is 0.693. The summed E-state index contributed by atoms with van der Waals surface area (Å²) in [7, 11) is 0. The molecule has 2 nitrogen and oxygen atoms in total. The molecule has 0 aromatic heterocycles. The summed E-state index contributed by atoms with van der Waals surface area (Å²) >= 11 is 0. The number of aryl methyl sites for hydroxylation is 1. The molecule has 0 aliphatic carbocycles. The first kappa shape index (κ1) is 13.5. The van der Waals surface area contributed by atoms with Crippen LogP contribution in [0.2, 0.25) is 0 Å². The molecule has 0 amide bonds. The van der Waals surface area contributed by atoms with Gasteiger partial charge in [-0.3, -0.25) is 0 Å². The maximum atomic E-state index is 10.00. The lowest BCUT2D eigenvalue weighted by atomic mass is 10.1. The number of aromatic hydroxyl groups is 1. The van der Waals surface area contributed by atoms with Gasteiger partial charge >= 0.3 is 0 Å². The van der Waals surface area contributed by atoms with Crippen LogP contribution >= 0.6 is 0 Å². The van der Waals surface area contributed by atoms with Crippen molar-refractivity contribution in [3.63, 3.8) is 0 Å². The van der Waals surface area contributed by atoms with Gasteiger partial charge in [0.2, 0.25) is 0 Å². The zero-order valence-corrected chi connectivity index (χ0v) is 11.8. The summed E-state index contributed by atoms with van der Waals surface area (Å²) in [5.74, 6) is 0.759. The smallest absolute Gasteiger partial charge is 0.161 e. The van der Waals surface area contributed by atoms with E-state index >= 15 is 0 Å². The third kappa shape index (κ3) is 3.34. The Morgan fingerprint density at radius 1 is 0.810 bits per heavy atom. The second kappa shape index (κ2) is 6.31. The van der Waals surface area contributed by atoms with Gasteiger partial charge in [0.15, 0.2) is 11.5 Å². The van der Waals surface area contributed by atoms with Gasteiger partial charge in [0.25, 0.3) is 0 Å². The number of phenolic OH excluding ortho intramolecular Hbond substituents is 1. The molecule has 0 radical (unpaired) electrons. The van der Waals surface area contributed by atoms with Gasteiger partial charge in [-0.25, -0.2) is 0 Å². The summed E-state index contributed by atoms with van der Waals surface area (Å²) in [5.41, 5.74) is 1.31. The predicted octanol–water partition coefficient (Wildman–Crippen LogP) is 4.56. The predicted molar refractivity (Wildman–Crippen MR) is 85.9 cm³/mol. The Kier molecular flexibility index (Phi) is 4.06. The molecule has 0 aliphatic rings. The Balaban J connectivity index is 1.61. The highest BCUT2D eigenvalue weighted by atomic mass is 16.5. The van der Waals surface area contributed by atoms with Crippen LogP contribution in [0.3, 0.4) is 0 Å². The zero-order chi connectivity index (χ0) is 14.5. The molecule has 3 aromatic carbocycles. The Labute approximate surface area is 124 Å². The van der Waals surface area contributed by atoms with Crippen molar-refractivity contribution in [3.8, 4) is 11.5 Å². The molecular weight excluding hydrogens is 260 g/mol. The maximum Gasteiger partial charge on any atom is 0.161 e. The van der Waals surface area contributed by atoms with Gasteiger partial charge in [-0.1, -0.05) is 54.6 Å². The molecule has 3 aromatic rings. The molecule has 21 heavy (non-hydrogen) atoms. The fourth-order valence-corrected chi connectivity index (χ4v) is 2.43. The van der Waals surface area contributed by atoms with E-state index in [1.165, 1.54) is 5.56 Å². The zero-order valence-electron chi connectivity index (χ0n) is 11.8. The molecule has 0 unspecified atom stereocenters. The van der Waals surface area contributed by atoms with Crippen LogP contribution in [0.1, 0.15) is 12.0 Å². The van der Waals surface area contributed by atoms with Gasteiger partial charge in [-0.05, 0) is 41.3 Å². The number of phenols is 1. The summed E-state index contributed by atoms with van der Waals surface area (Å²) in [4.78, 5) is 0. The first-order chi connectivity index (χ1) is 10.3. The fourth-order valence-electron chi connectivity index (χ4n) is 2.43. The third-order valence-corrected chi connectivity index (χ3v) is 3.54. The van der Waals surface area contributed by atoms with Crippen molar-refractivity contribution in [1.29, 1.82) is 0 Å². The van der Waals surface area contributed by atoms with E-state index < -0.39 is 0 Å². The molecule has 3 rings (SSSR count). The molecule has 0 fully saturated rings. The first-order valence-electron chi connectivity index (χ1n) is 7.21. The van der Waals surface area contributed by atoms with E-state index in [2.05, 4.69) is 12.1 Å². The van der Waals surface area contributed by atoms with Crippen LogP contribution < -0.4 is 4.74 Å². The summed E-state index contributed by atoms with van der Waals surface area (Å²) < 4.78 is 5.72. The van der Waals surface area contributed by atoms with E-state index in [0.717, 1.165) is 23.6 Å². The highest BCUT2D eigenvalue weighted by Crippen LogP contribution is 2.31. The Morgan fingerprint density at radius 2 is 1.48 bits per heavy atom. The Hall–Kier alpha value is -2.48. The number of rotatable bonds is 5. The molecule has 0 spiro atoms. The van der Waals surface area contributed by atoms with Crippen LogP contribution in [-0.2, 0) is 6.42 Å². The van der Waals surface area contributed by atoms with Crippen molar-refractivity contribution < 1.29 is 9.84 Å². The first-order valence-corrected chi connectivity index (χ1v) is 7.21. The Bertz CT molecular complexity index is 720. The number of hydrogen-bond donors (Lipinski definition) is 1. The lowest BCUT2D eigenvalue weighted by Gasteiger charge is -2.09. The van der Waals surface area contributed by atoms with Crippen LogP contribution in [0.5, 0.6) is 11.5 Å². The average molecular weight is 278 g/mol. The summed E-state index contributed by atoms with van der Waals surface area (Å²) in [6, 6.07) is 21.9. The van der Waals surface area contributed by atoms with Crippen molar-refractivity contribution in [1.82, 2.24) is 0 Å². The van der Waals surface area contributed by atoms with E-state index in [-0.39, 0.29) is 5.75 Å². The normalized spacial score (nSPS) is 10.7. The molecule has 106 valence electrons. The number of benzene rings is 3. The monoisotopic (exact) mass is 278 g/mol. The van der Waals surface area contributed by atoms with Gasteiger partial charge < -0.3 is 9.84 Å². The molecule has 2 heteroatoms. The Morgan fingerprint density at radius 3 is 2.24 bits per heavy atom. The van der Waals surface area contributed by atoms with E-state index in [9.17, 15) is 5.11 Å². The fraction of sp³-hybridized carbons (Fsp3) is 0.158. The highest BCUT2D eigenvalue weighted by Gasteiger charge is 2.04. The van der Waals surface area contributed by atoms with Gasteiger partial charge in [0.1, 0.15) is 0 Å². The molecule has 0 saturated heterocycles. The largest absolute Gasteiger partial charge is 0.504 e. The summed E-state index contributed by atoms with van der Waals surface area (Å²) in [6.07, 6.45) is 1.91. The van der Waals surface area contributed by atoms with Gasteiger partial charge in [0, 0.05) is 0 Å². The van der Waals surface area contributed by atoms with Crippen LogP contribution in [0.25, 0.3) is 10.8 Å². The van der Waals surface area contributed by atoms with Gasteiger partial charge in [0.05, 0.1) is 6.61 Å². The second-order valence-electron chi connectivity index (χ2n) is 5.10. The van der Waals surface area contributed by atoms with Crippen molar-refractivity contribution in [3.05, 3.63) is 72.3 Å². The van der Waals surface area contributed by atoms with Gasteiger partial charge in [-0.15, -0.1) is 0 Å². The molecule has 0 bridgehead atoms. The van der Waals surface area contributed by atoms with Crippen molar-refractivity contribution in [2.24, 2.45) is 0 Å². The van der Waals surface area contributed by atoms with Crippen molar-refractivity contribution in [2.45, 2.75) is 12.8 Å². The van der Waals surface area contributed by atoms with Crippen LogP contribution in [0.15, 0.2) is 66.7 Å². The lowest BCUT2D eigenvalue weighted by Crippen LogP contribution is -1.99. The maximum absolute atomic E-state index is 10.00. The molecule has 1 N–H and O–H groups in total. The van der Waals surface area contributed by atoms with Crippen LogP contribution in [0.4, 0.5) is 0 Å². The minimum absolute atomic E-state index is 0.202. The van der Waals surface area contributed by atoms with Crippen molar-refractivity contribution >= 4 is 10.8 Å². The van der Waals surface area contributed by atoms with Gasteiger partial charge in [-0.2, -0.15) is 0 Å². The summed E-state index contributed by atoms with van der Waals surface area (Å²) in [6.45, 7) is 0.598. The average Bonchev–Trinajstić information content (AvgIpc) is 2.53. The summed E-state index contributed by atoms with van der Waals surface area (Å²) in [5, 5.41) is 12.1. The highest BCUT2D eigenvalue weighted by molar-refractivity contribution is 5.85. The molecule has 0 saturated carbocycles. The van der Waals surface area contributed by atoms with Crippen LogP contribution in [0, 0.1) is 0 Å². The van der Waals surface area contributed by atoms with Crippen LogP contribution in [-0.4, -0.2) is 11.7 Å². The topological polar surface area (TPSA) is 29.5 Å². The molecule has 0 heterocycles. The number of ether oxygens (including phenoxy) is 1. The molecular formula is C19H18O2. The molecule has 0 atom stereocenters. The standard InChI is InChI=1S/C19H18O2/c20-18-13-16-10-4-5-11-17(16)14-19(18)21-12-6-9-15-7-2-1-3-8-15/h1-5,7-8,10-11,13-14,20H,6,9,12H2. The number of hydrogen-bond acceptors (Lipinski definition) is 2. The van der Waals surface area contributed by atoms with E-state index in [1.54, 1.807) is 6.07 Å². The van der Waals surface area contributed by atoms with E-state index in [1.807, 2.05) is 48.5 Å². The molecule has 0 aliphatic heterocycles. The lowest BCUT2D eigenvalue weighted by molar-refractivity contribution is 0.295. The minimum atomic E-state index is 0.202. The minimum Gasteiger partial charge on any atom is -0.504 e. The number of fused-ring (bicyclic) bond motifs is 1. The third-order valence-electron chi connectivity index (χ3n) is 3.54.